The van der Waals surface area contributed by atoms with Gasteiger partial charge in [-0.05, 0) is 19.8 Å². The molecule has 0 aliphatic carbocycles. The van der Waals surface area contributed by atoms with Crippen molar-refractivity contribution in [3.8, 4) is 0 Å². The van der Waals surface area contributed by atoms with Gasteiger partial charge >= 0.3 is 0 Å². The maximum Gasteiger partial charge on any atom is 0.239 e. The fourth-order valence-electron chi connectivity index (χ4n) is 2.39. The lowest BCUT2D eigenvalue weighted by atomic mass is 10.0. The van der Waals surface area contributed by atoms with E-state index in [2.05, 4.69) is 29.3 Å². The quantitative estimate of drug-likeness (QED) is 0.857. The first kappa shape index (κ1) is 14.0. The van der Waals surface area contributed by atoms with Gasteiger partial charge in [-0.1, -0.05) is 19.0 Å². The molecule has 1 aliphatic rings. The number of piperidine rings is 1. The predicted molar refractivity (Wildman–Crippen MR) is 70.6 cm³/mol. The average Bonchev–Trinajstić information content (AvgIpc) is 2.76. The van der Waals surface area contributed by atoms with Crippen LogP contribution in [0.15, 0.2) is 4.52 Å². The number of carbonyl (C=O) groups excluding carboxylic acids is 1. The smallest absolute Gasteiger partial charge is 0.239 e. The first-order valence-corrected chi connectivity index (χ1v) is 6.90. The molecule has 1 aromatic rings. The number of rotatable bonds is 5. The van der Waals surface area contributed by atoms with Crippen molar-refractivity contribution in [2.75, 3.05) is 13.1 Å². The third-order valence-electron chi connectivity index (χ3n) is 3.23. The highest BCUT2D eigenvalue weighted by atomic mass is 16.5. The summed E-state index contributed by atoms with van der Waals surface area (Å²) in [7, 11) is 0. The summed E-state index contributed by atoms with van der Waals surface area (Å²) >= 11 is 0. The summed E-state index contributed by atoms with van der Waals surface area (Å²) in [5, 5.41) is 7.07. The molecule has 1 aromatic heterocycles. The van der Waals surface area contributed by atoms with Gasteiger partial charge in [0.25, 0.3) is 0 Å². The molecular weight excluding hydrogens is 244 g/mol. The van der Waals surface area contributed by atoms with E-state index in [9.17, 15) is 4.79 Å². The van der Waals surface area contributed by atoms with Gasteiger partial charge in [0.05, 0.1) is 6.04 Å². The van der Waals surface area contributed by atoms with Gasteiger partial charge in [0.2, 0.25) is 11.8 Å². The number of hydrogen-bond acceptors (Lipinski definition) is 5. The van der Waals surface area contributed by atoms with Crippen LogP contribution >= 0.6 is 0 Å². The van der Waals surface area contributed by atoms with E-state index < -0.39 is 0 Å². The molecule has 1 atom stereocenters. The van der Waals surface area contributed by atoms with E-state index in [1.54, 1.807) is 6.92 Å². The Balaban J connectivity index is 1.87. The van der Waals surface area contributed by atoms with Crippen molar-refractivity contribution in [3.63, 3.8) is 0 Å². The Kier molecular flexibility index (Phi) is 4.52. The van der Waals surface area contributed by atoms with Crippen LogP contribution in [0.25, 0.3) is 0 Å². The zero-order valence-electron chi connectivity index (χ0n) is 11.8. The minimum absolute atomic E-state index is 0.0434. The summed E-state index contributed by atoms with van der Waals surface area (Å²) in [5.74, 6) is 1.43. The summed E-state index contributed by atoms with van der Waals surface area (Å²) in [5.41, 5.74) is 0. The molecule has 1 saturated heterocycles. The molecule has 1 N–H and O–H groups in total. The molecule has 1 amide bonds. The maximum atomic E-state index is 12.3. The normalized spacial score (nSPS) is 20.3. The van der Waals surface area contributed by atoms with E-state index in [1.807, 2.05) is 4.90 Å². The minimum Gasteiger partial charge on any atom is -0.341 e. The Bertz CT molecular complexity index is 430. The van der Waals surface area contributed by atoms with Gasteiger partial charge in [0.1, 0.15) is 0 Å². The lowest BCUT2D eigenvalue weighted by Gasteiger charge is -2.33. The van der Waals surface area contributed by atoms with E-state index in [-0.39, 0.29) is 11.9 Å². The molecule has 0 spiro atoms. The van der Waals surface area contributed by atoms with Gasteiger partial charge < -0.3 is 14.7 Å². The molecular formula is C13H22N4O2. The van der Waals surface area contributed by atoms with Gasteiger partial charge in [0.15, 0.2) is 5.82 Å². The monoisotopic (exact) mass is 266 g/mol. The van der Waals surface area contributed by atoms with E-state index in [0.717, 1.165) is 19.4 Å². The summed E-state index contributed by atoms with van der Waals surface area (Å²) in [6.45, 7) is 7.39. The van der Waals surface area contributed by atoms with Crippen molar-refractivity contribution in [2.45, 2.75) is 52.1 Å². The lowest BCUT2D eigenvalue weighted by Crippen LogP contribution is -2.52. The van der Waals surface area contributed by atoms with Gasteiger partial charge in [-0.2, -0.15) is 4.98 Å². The SMILES string of the molecule is Cc1noc(CCN2CCCC(NC(C)C)C2=O)n1. The van der Waals surface area contributed by atoms with Crippen LogP contribution in [-0.4, -0.2) is 46.1 Å². The number of aromatic nitrogens is 2. The second-order valence-electron chi connectivity index (χ2n) is 5.33. The fraction of sp³-hybridized carbons (Fsp3) is 0.769. The number of nitrogens with zero attached hydrogens (tertiary/aromatic N) is 3. The van der Waals surface area contributed by atoms with Crippen LogP contribution < -0.4 is 5.32 Å². The van der Waals surface area contributed by atoms with Gasteiger partial charge in [0, 0.05) is 25.6 Å². The average molecular weight is 266 g/mol. The molecule has 0 bridgehead atoms. The Morgan fingerprint density at radius 1 is 1.53 bits per heavy atom. The lowest BCUT2D eigenvalue weighted by molar-refractivity contribution is -0.136. The first-order chi connectivity index (χ1) is 9.06. The van der Waals surface area contributed by atoms with Crippen molar-refractivity contribution in [1.82, 2.24) is 20.4 Å². The number of carbonyl (C=O) groups is 1. The summed E-state index contributed by atoms with van der Waals surface area (Å²) in [6, 6.07) is 0.283. The van der Waals surface area contributed by atoms with Gasteiger partial charge in [-0.3, -0.25) is 4.79 Å². The van der Waals surface area contributed by atoms with Crippen LogP contribution in [0.5, 0.6) is 0 Å². The summed E-state index contributed by atoms with van der Waals surface area (Å²) in [4.78, 5) is 18.3. The molecule has 0 radical (unpaired) electrons. The molecule has 1 unspecified atom stereocenters. The van der Waals surface area contributed by atoms with Crippen LogP contribution in [-0.2, 0) is 11.2 Å². The standard InChI is InChI=1S/C13H22N4O2/c1-9(2)14-11-5-4-7-17(13(11)18)8-6-12-15-10(3)16-19-12/h9,11,14H,4-8H2,1-3H3. The minimum atomic E-state index is -0.0434. The summed E-state index contributed by atoms with van der Waals surface area (Å²) in [6.07, 6.45) is 2.59. The molecule has 19 heavy (non-hydrogen) atoms. The molecule has 0 aromatic carbocycles. The molecule has 6 nitrogen and oxygen atoms in total. The number of aryl methyl sites for hydroxylation is 1. The van der Waals surface area contributed by atoms with Crippen molar-refractivity contribution < 1.29 is 9.32 Å². The molecule has 2 heterocycles. The number of hydrogen-bond donors (Lipinski definition) is 1. The molecule has 106 valence electrons. The summed E-state index contributed by atoms with van der Waals surface area (Å²) < 4.78 is 5.07. The molecule has 1 aliphatic heterocycles. The third kappa shape index (κ3) is 3.76. The molecule has 6 heteroatoms. The van der Waals surface area contributed by atoms with Crippen LogP contribution in [0.1, 0.15) is 38.4 Å². The molecule has 0 saturated carbocycles. The van der Waals surface area contributed by atoms with Crippen LogP contribution in [0.4, 0.5) is 0 Å². The largest absolute Gasteiger partial charge is 0.341 e. The zero-order valence-corrected chi connectivity index (χ0v) is 11.8. The van der Waals surface area contributed by atoms with E-state index in [0.29, 0.717) is 30.7 Å². The number of likely N-dealkylation sites (tertiary alicyclic amines) is 1. The van der Waals surface area contributed by atoms with Gasteiger partial charge in [-0.15, -0.1) is 0 Å². The topological polar surface area (TPSA) is 71.3 Å². The van der Waals surface area contributed by atoms with E-state index in [4.69, 9.17) is 4.52 Å². The first-order valence-electron chi connectivity index (χ1n) is 6.90. The highest BCUT2D eigenvalue weighted by Gasteiger charge is 2.28. The highest BCUT2D eigenvalue weighted by Crippen LogP contribution is 2.13. The second-order valence-corrected chi connectivity index (χ2v) is 5.33. The highest BCUT2D eigenvalue weighted by molar-refractivity contribution is 5.82. The van der Waals surface area contributed by atoms with E-state index >= 15 is 0 Å². The van der Waals surface area contributed by atoms with Crippen LogP contribution in [0.3, 0.4) is 0 Å². The number of nitrogens with one attached hydrogen (secondary N) is 1. The molecule has 1 fully saturated rings. The van der Waals surface area contributed by atoms with Crippen LogP contribution in [0, 0.1) is 6.92 Å². The Morgan fingerprint density at radius 3 is 2.95 bits per heavy atom. The van der Waals surface area contributed by atoms with Crippen molar-refractivity contribution in [2.24, 2.45) is 0 Å². The van der Waals surface area contributed by atoms with Crippen molar-refractivity contribution >= 4 is 5.91 Å². The van der Waals surface area contributed by atoms with Crippen LogP contribution in [0.2, 0.25) is 0 Å². The van der Waals surface area contributed by atoms with E-state index in [1.165, 1.54) is 0 Å². The zero-order chi connectivity index (χ0) is 13.8. The maximum absolute atomic E-state index is 12.3. The Labute approximate surface area is 113 Å². The van der Waals surface area contributed by atoms with Crippen molar-refractivity contribution in [3.05, 3.63) is 11.7 Å². The van der Waals surface area contributed by atoms with Gasteiger partial charge in [-0.25, -0.2) is 0 Å². The predicted octanol–water partition coefficient (Wildman–Crippen LogP) is 0.910. The third-order valence-corrected chi connectivity index (χ3v) is 3.23. The molecule has 2 rings (SSSR count). The number of amides is 1. The fourth-order valence-corrected chi connectivity index (χ4v) is 2.39. The Hall–Kier alpha value is -1.43. The second kappa shape index (κ2) is 6.14. The Morgan fingerprint density at radius 2 is 2.32 bits per heavy atom. The van der Waals surface area contributed by atoms with Crippen molar-refractivity contribution in [1.29, 1.82) is 0 Å².